The molecule has 2 aromatic carbocycles. The van der Waals surface area contributed by atoms with Crippen molar-refractivity contribution in [3.05, 3.63) is 64.1 Å². The maximum atomic E-state index is 12.0. The van der Waals surface area contributed by atoms with Gasteiger partial charge in [-0.15, -0.1) is 13.2 Å². The predicted octanol–water partition coefficient (Wildman–Crippen LogP) is 4.78. The van der Waals surface area contributed by atoms with E-state index < -0.39 is 6.36 Å². The van der Waals surface area contributed by atoms with Gasteiger partial charge < -0.3 is 9.57 Å². The molecule has 1 radical (unpaired) electrons. The Morgan fingerprint density at radius 1 is 1.09 bits per heavy atom. The Kier molecular flexibility index (Phi) is 5.43. The van der Waals surface area contributed by atoms with Gasteiger partial charge in [0.25, 0.3) is 0 Å². The van der Waals surface area contributed by atoms with Gasteiger partial charge in [0.05, 0.1) is 0 Å². The molecule has 0 unspecified atom stereocenters. The van der Waals surface area contributed by atoms with Gasteiger partial charge in [-0.25, -0.2) is 0 Å². The van der Waals surface area contributed by atoms with Crippen molar-refractivity contribution in [3.8, 4) is 5.75 Å². The van der Waals surface area contributed by atoms with Crippen LogP contribution in [0.5, 0.6) is 5.75 Å². The van der Waals surface area contributed by atoms with Crippen LogP contribution in [0, 0.1) is 0 Å². The molecule has 0 aliphatic rings. The van der Waals surface area contributed by atoms with Gasteiger partial charge in [0, 0.05) is 10.0 Å². The van der Waals surface area contributed by atoms with E-state index in [4.69, 9.17) is 4.84 Å². The minimum atomic E-state index is -4.69. The molecule has 2 aromatic rings. The van der Waals surface area contributed by atoms with Crippen LogP contribution in [0.3, 0.4) is 0 Å². The van der Waals surface area contributed by atoms with E-state index in [2.05, 4.69) is 32.0 Å². The Hall–Kier alpha value is -2.02. The first-order valence-corrected chi connectivity index (χ1v) is 6.90. The van der Waals surface area contributed by atoms with Gasteiger partial charge in [0.2, 0.25) is 0 Å². The summed E-state index contributed by atoms with van der Waals surface area (Å²) in [5.41, 5.74) is 1.40. The number of nitrogens with zero attached hydrogens (tertiary/aromatic N) is 1. The van der Waals surface area contributed by atoms with E-state index in [9.17, 15) is 13.2 Å². The quantitative estimate of drug-likeness (QED) is 0.558. The van der Waals surface area contributed by atoms with E-state index in [0.29, 0.717) is 5.56 Å². The molecule has 0 spiro atoms. The maximum Gasteiger partial charge on any atom is 0.573 e. The minimum Gasteiger partial charge on any atom is -0.406 e. The number of rotatable bonds is 5. The van der Waals surface area contributed by atoms with Crippen LogP contribution >= 0.6 is 15.9 Å². The van der Waals surface area contributed by atoms with E-state index in [1.165, 1.54) is 24.3 Å². The Bertz CT molecular complexity index is 642. The van der Waals surface area contributed by atoms with Crippen molar-refractivity contribution in [3.63, 3.8) is 0 Å². The summed E-state index contributed by atoms with van der Waals surface area (Å²) >= 11 is 3.32. The van der Waals surface area contributed by atoms with Gasteiger partial charge >= 0.3 is 6.36 Å². The highest BCUT2D eigenvalue weighted by molar-refractivity contribution is 9.10. The summed E-state index contributed by atoms with van der Waals surface area (Å²) in [7, 11) is 0. The zero-order valence-corrected chi connectivity index (χ0v) is 12.7. The van der Waals surface area contributed by atoms with Crippen LogP contribution < -0.4 is 4.74 Å². The summed E-state index contributed by atoms with van der Waals surface area (Å²) in [6.45, 7) is 0.118. The number of alkyl halides is 3. The highest BCUT2D eigenvalue weighted by Gasteiger charge is 2.30. The van der Waals surface area contributed by atoms with E-state index in [-0.39, 0.29) is 12.4 Å². The van der Waals surface area contributed by atoms with Gasteiger partial charge in [0.15, 0.2) is 0 Å². The monoisotopic (exact) mass is 372 g/mol. The van der Waals surface area contributed by atoms with Gasteiger partial charge in [-0.1, -0.05) is 45.4 Å². The molecule has 115 valence electrons. The Balaban J connectivity index is 1.84. The molecule has 0 aliphatic heterocycles. The first kappa shape index (κ1) is 16.4. The van der Waals surface area contributed by atoms with E-state index >= 15 is 0 Å². The summed E-state index contributed by atoms with van der Waals surface area (Å²) in [4.78, 5) is 5.04. The zero-order valence-electron chi connectivity index (χ0n) is 11.1. The van der Waals surface area contributed by atoms with Gasteiger partial charge in [-0.3, -0.25) is 0 Å². The van der Waals surface area contributed by atoms with E-state index in [1.54, 1.807) is 6.07 Å². The molecule has 7 heteroatoms. The van der Waals surface area contributed by atoms with E-state index in [0.717, 1.165) is 10.0 Å². The minimum absolute atomic E-state index is 0.118. The summed E-state index contributed by atoms with van der Waals surface area (Å²) in [6, 6.07) is 12.7. The topological polar surface area (TPSA) is 30.8 Å². The molecule has 0 saturated heterocycles. The second-order valence-corrected chi connectivity index (χ2v) is 5.09. The molecule has 0 atom stereocenters. The fourth-order valence-electron chi connectivity index (χ4n) is 1.54. The normalized spacial score (nSPS) is 11.6. The molecule has 2 rings (SSSR count). The van der Waals surface area contributed by atoms with Crippen molar-refractivity contribution in [2.45, 2.75) is 13.0 Å². The first-order chi connectivity index (χ1) is 10.4. The molecular formula is C15H10BrF3NO2. The van der Waals surface area contributed by atoms with Crippen molar-refractivity contribution in [2.24, 2.45) is 5.16 Å². The summed E-state index contributed by atoms with van der Waals surface area (Å²) < 4.78 is 40.7. The molecule has 0 aliphatic carbocycles. The van der Waals surface area contributed by atoms with Crippen LogP contribution in [0.25, 0.3) is 0 Å². The molecule has 0 aromatic heterocycles. The molecule has 0 saturated carbocycles. The maximum absolute atomic E-state index is 12.0. The lowest BCUT2D eigenvalue weighted by Crippen LogP contribution is -2.17. The van der Waals surface area contributed by atoms with Crippen LogP contribution in [0.4, 0.5) is 13.2 Å². The number of benzene rings is 2. The van der Waals surface area contributed by atoms with Crippen molar-refractivity contribution in [1.29, 1.82) is 0 Å². The van der Waals surface area contributed by atoms with Crippen molar-refractivity contribution in [1.82, 2.24) is 0 Å². The fourth-order valence-corrected chi connectivity index (χ4v) is 1.94. The number of halogens is 4. The summed E-state index contributed by atoms with van der Waals surface area (Å²) in [5, 5.41) is 3.68. The largest absolute Gasteiger partial charge is 0.573 e. The standard InChI is InChI=1S/C15H10BrF3NO2/c16-13-3-1-2-12(8-13)9-20-21-10-11-4-6-14(7-5-11)22-15(17,18)19/h1-8H,10H2. The highest BCUT2D eigenvalue weighted by atomic mass is 79.9. The smallest absolute Gasteiger partial charge is 0.406 e. The lowest BCUT2D eigenvalue weighted by atomic mass is 10.2. The average Bonchev–Trinajstić information content (AvgIpc) is 2.44. The fraction of sp³-hybridized carbons (Fsp3) is 0.133. The number of hydrogen-bond acceptors (Lipinski definition) is 3. The zero-order chi connectivity index (χ0) is 16.0. The van der Waals surface area contributed by atoms with Crippen LogP contribution in [0.1, 0.15) is 11.1 Å². The van der Waals surface area contributed by atoms with Crippen molar-refractivity contribution in [2.75, 3.05) is 0 Å². The Morgan fingerprint density at radius 2 is 1.82 bits per heavy atom. The summed E-state index contributed by atoms with van der Waals surface area (Å²) in [5.74, 6) is -0.277. The molecule has 0 fully saturated rings. The summed E-state index contributed by atoms with van der Waals surface area (Å²) in [6.07, 6.45) is -2.00. The van der Waals surface area contributed by atoms with Gasteiger partial charge in [0.1, 0.15) is 18.6 Å². The molecule has 0 bridgehead atoms. The molecular weight excluding hydrogens is 363 g/mol. The number of hydrogen-bond donors (Lipinski definition) is 0. The predicted molar refractivity (Wildman–Crippen MR) is 78.6 cm³/mol. The second-order valence-electron chi connectivity index (χ2n) is 4.18. The van der Waals surface area contributed by atoms with Crippen molar-refractivity contribution < 1.29 is 22.7 Å². The number of ether oxygens (including phenoxy) is 1. The van der Waals surface area contributed by atoms with Crippen LogP contribution in [0.2, 0.25) is 0 Å². The molecule has 0 heterocycles. The second kappa shape index (κ2) is 7.31. The van der Waals surface area contributed by atoms with Crippen molar-refractivity contribution >= 4 is 22.1 Å². The third-order valence-corrected chi connectivity index (χ3v) is 2.95. The third kappa shape index (κ3) is 5.77. The Labute approximate surface area is 133 Å². The highest BCUT2D eigenvalue weighted by Crippen LogP contribution is 2.22. The van der Waals surface area contributed by atoms with Crippen LogP contribution in [0.15, 0.2) is 58.2 Å². The molecule has 3 nitrogen and oxygen atoms in total. The molecule has 0 N–H and O–H groups in total. The lowest BCUT2D eigenvalue weighted by Gasteiger charge is -2.08. The molecule has 22 heavy (non-hydrogen) atoms. The van der Waals surface area contributed by atoms with Gasteiger partial charge in [-0.05, 0) is 29.8 Å². The average molecular weight is 373 g/mol. The first-order valence-electron chi connectivity index (χ1n) is 6.11. The van der Waals surface area contributed by atoms with E-state index in [1.807, 2.05) is 18.2 Å². The van der Waals surface area contributed by atoms with Crippen LogP contribution in [-0.4, -0.2) is 12.6 Å². The molecule has 0 amide bonds. The van der Waals surface area contributed by atoms with Crippen LogP contribution in [-0.2, 0) is 11.4 Å². The Morgan fingerprint density at radius 3 is 2.45 bits per heavy atom. The van der Waals surface area contributed by atoms with Gasteiger partial charge in [-0.2, -0.15) is 0 Å². The SMILES string of the molecule is FC(F)(F)Oc1ccc(CO/N=[C]\c2cccc(Br)c2)cc1. The lowest BCUT2D eigenvalue weighted by molar-refractivity contribution is -0.274. The third-order valence-electron chi connectivity index (χ3n) is 2.45.